The summed E-state index contributed by atoms with van der Waals surface area (Å²) in [6.45, 7) is 4.04. The van der Waals surface area contributed by atoms with Gasteiger partial charge in [0.25, 0.3) is 0 Å². The minimum absolute atomic E-state index is 0.265. The van der Waals surface area contributed by atoms with Crippen LogP contribution in [0.4, 0.5) is 4.39 Å². The Bertz CT molecular complexity index is 369. The molecule has 0 radical (unpaired) electrons. The van der Waals surface area contributed by atoms with Gasteiger partial charge in [0.15, 0.2) is 0 Å². The Kier molecular flexibility index (Phi) is 4.98. The second-order valence-corrected chi connectivity index (χ2v) is 5.59. The summed E-state index contributed by atoms with van der Waals surface area (Å²) in [5.41, 5.74) is 0.910. The average molecular weight is 271 g/mol. The molecule has 2 nitrogen and oxygen atoms in total. The summed E-state index contributed by atoms with van der Waals surface area (Å²) < 4.78 is 13.1. The van der Waals surface area contributed by atoms with Crippen molar-refractivity contribution in [2.24, 2.45) is 5.92 Å². The molecule has 1 saturated heterocycles. The topological polar surface area (TPSA) is 15.3 Å². The third-order valence-electron chi connectivity index (χ3n) is 3.52. The van der Waals surface area contributed by atoms with E-state index in [1.165, 1.54) is 38.1 Å². The molecular formula is C14H20ClFN2. The standard InChI is InChI=1S/C14H20ClFN2/c1-18-4-2-11(3-5-18)9-17-10-12-6-13(15)8-14(16)7-12/h6-8,11,17H,2-5,9-10H2,1H3. The monoisotopic (exact) mass is 270 g/mol. The van der Waals surface area contributed by atoms with Gasteiger partial charge in [-0.05, 0) is 69.2 Å². The van der Waals surface area contributed by atoms with Crippen molar-refractivity contribution in [3.63, 3.8) is 0 Å². The average Bonchev–Trinajstić information content (AvgIpc) is 2.30. The number of benzene rings is 1. The maximum atomic E-state index is 13.1. The molecule has 1 aliphatic heterocycles. The first-order valence-electron chi connectivity index (χ1n) is 6.48. The number of likely N-dealkylation sites (tertiary alicyclic amines) is 1. The molecule has 1 fully saturated rings. The van der Waals surface area contributed by atoms with Gasteiger partial charge in [-0.15, -0.1) is 0 Å². The van der Waals surface area contributed by atoms with Crippen LogP contribution < -0.4 is 5.32 Å². The minimum Gasteiger partial charge on any atom is -0.312 e. The SMILES string of the molecule is CN1CCC(CNCc2cc(F)cc(Cl)c2)CC1. The lowest BCUT2D eigenvalue weighted by molar-refractivity contribution is 0.216. The maximum absolute atomic E-state index is 13.1. The third-order valence-corrected chi connectivity index (χ3v) is 3.74. The van der Waals surface area contributed by atoms with Gasteiger partial charge in [-0.3, -0.25) is 0 Å². The van der Waals surface area contributed by atoms with Gasteiger partial charge in [0, 0.05) is 11.6 Å². The molecule has 2 rings (SSSR count). The largest absolute Gasteiger partial charge is 0.312 e. The molecule has 1 aromatic rings. The lowest BCUT2D eigenvalue weighted by Crippen LogP contribution is -2.34. The highest BCUT2D eigenvalue weighted by molar-refractivity contribution is 6.30. The van der Waals surface area contributed by atoms with Gasteiger partial charge in [0.2, 0.25) is 0 Å². The van der Waals surface area contributed by atoms with Crippen LogP contribution in [0.15, 0.2) is 18.2 Å². The van der Waals surface area contributed by atoms with E-state index in [0.29, 0.717) is 11.6 Å². The smallest absolute Gasteiger partial charge is 0.125 e. The Morgan fingerprint density at radius 1 is 1.33 bits per heavy atom. The van der Waals surface area contributed by atoms with E-state index in [1.807, 2.05) is 6.07 Å². The van der Waals surface area contributed by atoms with Gasteiger partial charge in [-0.25, -0.2) is 4.39 Å². The van der Waals surface area contributed by atoms with Crippen molar-refractivity contribution >= 4 is 11.6 Å². The summed E-state index contributed by atoms with van der Waals surface area (Å²) in [6, 6.07) is 4.68. The van der Waals surface area contributed by atoms with Crippen molar-refractivity contribution in [1.29, 1.82) is 0 Å². The lowest BCUT2D eigenvalue weighted by atomic mass is 9.97. The van der Waals surface area contributed by atoms with Crippen LogP contribution in [0.5, 0.6) is 0 Å². The number of hydrogen-bond donors (Lipinski definition) is 1. The highest BCUT2D eigenvalue weighted by Gasteiger charge is 2.15. The summed E-state index contributed by atoms with van der Waals surface area (Å²) in [6.07, 6.45) is 2.49. The predicted molar refractivity (Wildman–Crippen MR) is 73.3 cm³/mol. The molecule has 0 aliphatic carbocycles. The second kappa shape index (κ2) is 6.50. The molecule has 1 heterocycles. The summed E-state index contributed by atoms with van der Waals surface area (Å²) in [5, 5.41) is 3.86. The van der Waals surface area contributed by atoms with Crippen LogP contribution >= 0.6 is 11.6 Å². The fourth-order valence-corrected chi connectivity index (χ4v) is 2.64. The van der Waals surface area contributed by atoms with Crippen LogP contribution in [0.1, 0.15) is 18.4 Å². The lowest BCUT2D eigenvalue weighted by Gasteiger charge is -2.29. The minimum atomic E-state index is -0.265. The molecule has 0 saturated carbocycles. The summed E-state index contributed by atoms with van der Waals surface area (Å²) in [5.74, 6) is 0.476. The van der Waals surface area contributed by atoms with Gasteiger partial charge >= 0.3 is 0 Å². The van der Waals surface area contributed by atoms with Gasteiger partial charge in [-0.2, -0.15) is 0 Å². The number of nitrogens with one attached hydrogen (secondary N) is 1. The summed E-state index contributed by atoms with van der Waals surface area (Å²) in [7, 11) is 2.17. The number of halogens is 2. The molecule has 0 atom stereocenters. The van der Waals surface area contributed by atoms with Crippen molar-refractivity contribution in [2.45, 2.75) is 19.4 Å². The zero-order valence-corrected chi connectivity index (χ0v) is 11.5. The maximum Gasteiger partial charge on any atom is 0.125 e. The molecule has 1 aliphatic rings. The Hall–Kier alpha value is -0.640. The molecule has 1 N–H and O–H groups in total. The van der Waals surface area contributed by atoms with E-state index in [9.17, 15) is 4.39 Å². The van der Waals surface area contributed by atoms with Crippen molar-refractivity contribution in [1.82, 2.24) is 10.2 Å². The van der Waals surface area contributed by atoms with Gasteiger partial charge in [0.1, 0.15) is 5.82 Å². The second-order valence-electron chi connectivity index (χ2n) is 5.16. The highest BCUT2D eigenvalue weighted by atomic mass is 35.5. The van der Waals surface area contributed by atoms with E-state index in [2.05, 4.69) is 17.3 Å². The fraction of sp³-hybridized carbons (Fsp3) is 0.571. The number of piperidine rings is 1. The molecule has 4 heteroatoms. The molecule has 0 amide bonds. The zero-order chi connectivity index (χ0) is 13.0. The van der Waals surface area contributed by atoms with Crippen LogP contribution in [0.2, 0.25) is 5.02 Å². The molecule has 100 valence electrons. The number of hydrogen-bond acceptors (Lipinski definition) is 2. The molecule has 18 heavy (non-hydrogen) atoms. The van der Waals surface area contributed by atoms with Crippen molar-refractivity contribution in [2.75, 3.05) is 26.7 Å². The Labute approximate surface area is 113 Å². The fourth-order valence-electron chi connectivity index (χ4n) is 2.40. The van der Waals surface area contributed by atoms with Crippen LogP contribution in [0.25, 0.3) is 0 Å². The van der Waals surface area contributed by atoms with Crippen LogP contribution in [0, 0.1) is 11.7 Å². The highest BCUT2D eigenvalue weighted by Crippen LogP contribution is 2.16. The van der Waals surface area contributed by atoms with Gasteiger partial charge < -0.3 is 10.2 Å². The van der Waals surface area contributed by atoms with Crippen LogP contribution in [0.3, 0.4) is 0 Å². The summed E-state index contributed by atoms with van der Waals surface area (Å²) >= 11 is 5.82. The van der Waals surface area contributed by atoms with E-state index in [-0.39, 0.29) is 5.82 Å². The van der Waals surface area contributed by atoms with E-state index in [1.54, 1.807) is 0 Å². The quantitative estimate of drug-likeness (QED) is 0.905. The first-order chi connectivity index (χ1) is 8.63. The normalized spacial score (nSPS) is 18.2. The molecule has 0 unspecified atom stereocenters. The molecular weight excluding hydrogens is 251 g/mol. The third kappa shape index (κ3) is 4.23. The Morgan fingerprint density at radius 2 is 2.06 bits per heavy atom. The molecule has 0 bridgehead atoms. The van der Waals surface area contributed by atoms with E-state index >= 15 is 0 Å². The van der Waals surface area contributed by atoms with Gasteiger partial charge in [0.05, 0.1) is 0 Å². The van der Waals surface area contributed by atoms with Crippen molar-refractivity contribution in [3.05, 3.63) is 34.6 Å². The predicted octanol–water partition coefficient (Wildman–Crippen LogP) is 2.91. The van der Waals surface area contributed by atoms with E-state index < -0.39 is 0 Å². The molecule has 0 aromatic heterocycles. The van der Waals surface area contributed by atoms with E-state index in [4.69, 9.17) is 11.6 Å². The van der Waals surface area contributed by atoms with Crippen LogP contribution in [-0.4, -0.2) is 31.6 Å². The first-order valence-corrected chi connectivity index (χ1v) is 6.85. The summed E-state index contributed by atoms with van der Waals surface area (Å²) in [4.78, 5) is 2.36. The Morgan fingerprint density at radius 3 is 2.72 bits per heavy atom. The van der Waals surface area contributed by atoms with Gasteiger partial charge in [-0.1, -0.05) is 11.6 Å². The first kappa shape index (κ1) is 13.8. The molecule has 1 aromatic carbocycles. The van der Waals surface area contributed by atoms with Crippen molar-refractivity contribution < 1.29 is 4.39 Å². The molecule has 0 spiro atoms. The number of rotatable bonds is 4. The Balaban J connectivity index is 1.74. The van der Waals surface area contributed by atoms with Crippen molar-refractivity contribution in [3.8, 4) is 0 Å². The zero-order valence-electron chi connectivity index (χ0n) is 10.8. The van der Waals surface area contributed by atoms with Crippen LogP contribution in [-0.2, 0) is 6.54 Å². The number of nitrogens with zero attached hydrogens (tertiary/aromatic N) is 1. The van der Waals surface area contributed by atoms with E-state index in [0.717, 1.165) is 18.0 Å².